The van der Waals surface area contributed by atoms with Gasteiger partial charge in [-0.1, -0.05) is 20.8 Å². The van der Waals surface area contributed by atoms with Crippen molar-refractivity contribution in [1.82, 2.24) is 5.32 Å². The molecule has 15 heteroatoms. The molecule has 0 aliphatic carbocycles. The van der Waals surface area contributed by atoms with Crippen molar-refractivity contribution in [2.45, 2.75) is 58.0 Å². The molecule has 0 rings (SSSR count). The molecule has 34 heavy (non-hydrogen) atoms. The summed E-state index contributed by atoms with van der Waals surface area (Å²) >= 11 is 0. The van der Waals surface area contributed by atoms with Crippen molar-refractivity contribution in [3.8, 4) is 0 Å². The van der Waals surface area contributed by atoms with Crippen LogP contribution in [0.3, 0.4) is 0 Å². The molecule has 0 aromatic carbocycles. The van der Waals surface area contributed by atoms with Crippen LogP contribution in [-0.2, 0) is 28.1 Å². The fraction of sp³-hybridized carbons (Fsp3) is 0.947. The van der Waals surface area contributed by atoms with Gasteiger partial charge in [0.25, 0.3) is 0 Å². The van der Waals surface area contributed by atoms with Gasteiger partial charge in [0.1, 0.15) is 13.2 Å². The van der Waals surface area contributed by atoms with E-state index >= 15 is 0 Å². The minimum Gasteiger partial charge on any atom is -0.741 e. The second kappa shape index (κ2) is 17.5. The molecule has 0 unspecified atom stereocenters. The van der Waals surface area contributed by atoms with Crippen molar-refractivity contribution < 1.29 is 53.4 Å². The second-order valence-electron chi connectivity index (χ2n) is 7.60. The van der Waals surface area contributed by atoms with Gasteiger partial charge in [-0.2, -0.15) is 13.2 Å². The zero-order chi connectivity index (χ0) is 26.9. The molecule has 0 saturated carbocycles. The van der Waals surface area contributed by atoms with E-state index in [0.717, 1.165) is 56.3 Å². The second-order valence-corrected chi connectivity index (χ2v) is 12.1. The lowest BCUT2D eigenvalue weighted by molar-refractivity contribution is -0.928. The van der Waals surface area contributed by atoms with E-state index in [1.807, 2.05) is 0 Å². The molecule has 10 nitrogen and oxygen atoms in total. The van der Waals surface area contributed by atoms with Crippen LogP contribution in [-0.4, -0.2) is 98.5 Å². The van der Waals surface area contributed by atoms with E-state index in [2.05, 4.69) is 26.1 Å². The summed E-state index contributed by atoms with van der Waals surface area (Å²) in [7, 11) is -3.88. The molecule has 0 aromatic rings. The SMILES string of the molecule is CCC[N+](CCC)(CCC)CCOC(=O)NCCC[Si](OC)(OC)OC.O=S(=O)([O-])C(F)(F)F. The van der Waals surface area contributed by atoms with Gasteiger partial charge in [0.2, 0.25) is 0 Å². The number of nitrogens with one attached hydrogen (secondary N) is 1. The Morgan fingerprint density at radius 2 is 1.35 bits per heavy atom. The normalized spacial score (nSPS) is 12.6. The lowest BCUT2D eigenvalue weighted by Crippen LogP contribution is -2.52. The largest absolute Gasteiger partial charge is 0.741 e. The Hall–Kier alpha value is -0.973. The van der Waals surface area contributed by atoms with Crippen molar-refractivity contribution in [3.05, 3.63) is 0 Å². The number of amides is 1. The van der Waals surface area contributed by atoms with Crippen LogP contribution in [0.5, 0.6) is 0 Å². The van der Waals surface area contributed by atoms with E-state index in [4.69, 9.17) is 31.0 Å². The highest BCUT2D eigenvalue weighted by Crippen LogP contribution is 2.20. The maximum absolute atomic E-state index is 11.9. The highest BCUT2D eigenvalue weighted by Gasteiger charge is 2.37. The molecule has 0 atom stereocenters. The molecule has 0 saturated heterocycles. The molecular weight excluding hydrogens is 501 g/mol. The molecule has 206 valence electrons. The minimum absolute atomic E-state index is 0.355. The quantitative estimate of drug-likeness (QED) is 0.104. The van der Waals surface area contributed by atoms with Crippen molar-refractivity contribution in [1.29, 1.82) is 0 Å². The van der Waals surface area contributed by atoms with Gasteiger partial charge in [-0.05, 0) is 25.7 Å². The summed E-state index contributed by atoms with van der Waals surface area (Å²) in [6.07, 6.45) is 3.81. The summed E-state index contributed by atoms with van der Waals surface area (Å²) in [5.74, 6) is 0. The molecule has 0 bridgehead atoms. The van der Waals surface area contributed by atoms with E-state index in [1.54, 1.807) is 21.3 Å². The number of alkyl halides is 3. The maximum atomic E-state index is 11.9. The lowest BCUT2D eigenvalue weighted by Gasteiger charge is -2.38. The van der Waals surface area contributed by atoms with Gasteiger partial charge in [0.05, 0.1) is 19.6 Å². The van der Waals surface area contributed by atoms with E-state index in [0.29, 0.717) is 19.2 Å². The van der Waals surface area contributed by atoms with Gasteiger partial charge < -0.3 is 32.4 Å². The number of nitrogens with zero attached hydrogens (tertiary/aromatic N) is 1. The van der Waals surface area contributed by atoms with Crippen LogP contribution in [0.1, 0.15) is 46.5 Å². The highest BCUT2D eigenvalue weighted by atomic mass is 32.2. The van der Waals surface area contributed by atoms with Crippen LogP contribution >= 0.6 is 0 Å². The molecule has 0 fully saturated rings. The highest BCUT2D eigenvalue weighted by molar-refractivity contribution is 7.86. The van der Waals surface area contributed by atoms with Crippen molar-refractivity contribution in [2.75, 3.05) is 60.7 Å². The molecule has 1 N–H and O–H groups in total. The van der Waals surface area contributed by atoms with Crippen LogP contribution in [0, 0.1) is 0 Å². The lowest BCUT2D eigenvalue weighted by atomic mass is 10.2. The first-order valence-electron chi connectivity index (χ1n) is 11.1. The summed E-state index contributed by atoms with van der Waals surface area (Å²) in [6, 6.07) is 0.653. The molecule has 0 heterocycles. The Kier molecular flexibility index (Phi) is 18.1. The minimum atomic E-state index is -6.09. The summed E-state index contributed by atoms with van der Waals surface area (Å²) in [5, 5.41) is 2.80. The predicted octanol–water partition coefficient (Wildman–Crippen LogP) is 3.08. The van der Waals surface area contributed by atoms with Crippen LogP contribution < -0.4 is 5.32 Å². The smallest absolute Gasteiger partial charge is 0.500 e. The van der Waals surface area contributed by atoms with Gasteiger partial charge in [-0.25, -0.2) is 13.2 Å². The summed E-state index contributed by atoms with van der Waals surface area (Å²) < 4.78 is 81.4. The number of carbonyl (C=O) groups excluding carboxylic acids is 1. The Labute approximate surface area is 202 Å². The fourth-order valence-corrected chi connectivity index (χ4v) is 5.25. The van der Waals surface area contributed by atoms with E-state index in [-0.39, 0.29) is 6.09 Å². The average Bonchev–Trinajstić information content (AvgIpc) is 2.74. The fourth-order valence-electron chi connectivity index (χ4n) is 3.53. The molecule has 1 amide bonds. The number of hydrogen-bond donors (Lipinski definition) is 1. The van der Waals surface area contributed by atoms with Crippen LogP contribution in [0.25, 0.3) is 0 Å². The Morgan fingerprint density at radius 1 is 0.941 bits per heavy atom. The molecular formula is C19H41F3N2O8SSi. The van der Waals surface area contributed by atoms with Crippen molar-refractivity contribution >= 4 is 25.0 Å². The number of alkyl carbamates (subject to hydrolysis) is 1. The third kappa shape index (κ3) is 14.4. The zero-order valence-electron chi connectivity index (χ0n) is 21.0. The molecule has 0 aromatic heterocycles. The van der Waals surface area contributed by atoms with Crippen molar-refractivity contribution in [3.63, 3.8) is 0 Å². The number of rotatable bonds is 16. The topological polar surface area (TPSA) is 123 Å². The Morgan fingerprint density at radius 3 is 1.68 bits per heavy atom. The number of ether oxygens (including phenoxy) is 1. The van der Waals surface area contributed by atoms with Gasteiger partial charge >= 0.3 is 20.4 Å². The van der Waals surface area contributed by atoms with Gasteiger partial charge in [0.15, 0.2) is 10.1 Å². The predicted molar refractivity (Wildman–Crippen MR) is 122 cm³/mol. The third-order valence-corrected chi connectivity index (χ3v) is 8.44. The standard InChI is InChI=1S/C18H40N2O5Si.CHF3O3S/c1-7-12-20(13-8-2,14-9-3)15-16-25-18(21)19-11-10-17-26(22-4,23-5)24-6;2-1(3,4)8(5,6)7/h7-17H2,1-6H3;(H,5,6,7). The first-order valence-corrected chi connectivity index (χ1v) is 14.5. The average molecular weight is 543 g/mol. The first-order chi connectivity index (χ1) is 15.7. The molecule has 0 spiro atoms. The summed E-state index contributed by atoms with van der Waals surface area (Å²) in [6.45, 7) is 11.9. The zero-order valence-corrected chi connectivity index (χ0v) is 22.9. The van der Waals surface area contributed by atoms with Crippen LogP contribution in [0.4, 0.5) is 18.0 Å². The maximum Gasteiger partial charge on any atom is 0.500 e. The summed E-state index contributed by atoms with van der Waals surface area (Å²) in [4.78, 5) is 11.9. The number of quaternary nitrogens is 1. The Bertz CT molecular complexity index is 625. The van der Waals surface area contributed by atoms with Gasteiger partial charge in [0, 0.05) is 33.9 Å². The third-order valence-electron chi connectivity index (χ3n) is 5.04. The Balaban J connectivity index is 0. The van der Waals surface area contributed by atoms with Gasteiger partial charge in [-0.15, -0.1) is 0 Å². The van der Waals surface area contributed by atoms with E-state index in [9.17, 15) is 18.0 Å². The first kappa shape index (κ1) is 35.2. The number of carbonyl (C=O) groups is 1. The van der Waals surface area contributed by atoms with Gasteiger partial charge in [-0.3, -0.25) is 0 Å². The summed E-state index contributed by atoms with van der Waals surface area (Å²) in [5.41, 5.74) is -5.65. The van der Waals surface area contributed by atoms with E-state index in [1.165, 1.54) is 0 Å². The van der Waals surface area contributed by atoms with Crippen LogP contribution in [0.15, 0.2) is 0 Å². The van der Waals surface area contributed by atoms with Crippen LogP contribution in [0.2, 0.25) is 6.04 Å². The number of hydrogen-bond acceptors (Lipinski definition) is 8. The van der Waals surface area contributed by atoms with E-state index < -0.39 is 24.4 Å². The molecule has 0 radical (unpaired) electrons. The monoisotopic (exact) mass is 542 g/mol. The molecule has 0 aliphatic rings. The van der Waals surface area contributed by atoms with Crippen molar-refractivity contribution in [2.24, 2.45) is 0 Å². The molecule has 0 aliphatic heterocycles. The number of halogens is 3.